The Morgan fingerprint density at radius 2 is 1.85 bits per heavy atom. The van der Waals surface area contributed by atoms with Crippen LogP contribution >= 0.6 is 11.6 Å². The van der Waals surface area contributed by atoms with Crippen molar-refractivity contribution < 1.29 is 0 Å². The molecule has 1 aromatic heterocycles. The molecule has 0 amide bonds. The van der Waals surface area contributed by atoms with Gasteiger partial charge < -0.3 is 0 Å². The highest BCUT2D eigenvalue weighted by molar-refractivity contribution is 6.20. The molecular weight excluding hydrogens is 268 g/mol. The molecule has 2 aromatic rings. The molecule has 0 aliphatic carbocycles. The summed E-state index contributed by atoms with van der Waals surface area (Å²) in [7, 11) is 0. The van der Waals surface area contributed by atoms with E-state index in [2.05, 4.69) is 12.0 Å². The lowest BCUT2D eigenvalue weighted by molar-refractivity contribution is 0.601. The number of para-hydroxylation sites is 1. The van der Waals surface area contributed by atoms with Gasteiger partial charge in [-0.05, 0) is 18.6 Å². The van der Waals surface area contributed by atoms with Gasteiger partial charge in [0.2, 0.25) is 0 Å². The van der Waals surface area contributed by atoms with Crippen LogP contribution in [0.15, 0.2) is 42.7 Å². The Kier molecular flexibility index (Phi) is 6.13. The average Bonchev–Trinajstić information content (AvgIpc) is 2.98. The van der Waals surface area contributed by atoms with Gasteiger partial charge in [-0.2, -0.15) is 5.10 Å². The molecule has 0 aliphatic heterocycles. The number of aromatic nitrogens is 2. The minimum Gasteiger partial charge on any atom is -0.241 e. The van der Waals surface area contributed by atoms with E-state index in [0.717, 1.165) is 17.7 Å². The van der Waals surface area contributed by atoms with E-state index in [0.29, 0.717) is 0 Å². The van der Waals surface area contributed by atoms with Gasteiger partial charge in [0.05, 0.1) is 17.3 Å². The predicted octanol–water partition coefficient (Wildman–Crippen LogP) is 5.51. The van der Waals surface area contributed by atoms with Gasteiger partial charge in [0.25, 0.3) is 0 Å². The SMILES string of the molecule is CCCCCCCC(Cl)c1cnn(-c2ccccc2)c1. The summed E-state index contributed by atoms with van der Waals surface area (Å²) in [6, 6.07) is 10.1. The Morgan fingerprint density at radius 3 is 2.60 bits per heavy atom. The number of unbranched alkanes of at least 4 members (excludes halogenated alkanes) is 4. The zero-order valence-corrected chi connectivity index (χ0v) is 12.9. The molecule has 1 unspecified atom stereocenters. The minimum absolute atomic E-state index is 0.0779. The normalized spacial score (nSPS) is 12.5. The van der Waals surface area contributed by atoms with Crippen molar-refractivity contribution in [2.45, 2.75) is 50.8 Å². The van der Waals surface area contributed by atoms with E-state index in [1.165, 1.54) is 32.1 Å². The van der Waals surface area contributed by atoms with Crippen LogP contribution in [0.2, 0.25) is 0 Å². The molecule has 1 atom stereocenters. The Morgan fingerprint density at radius 1 is 1.10 bits per heavy atom. The number of hydrogen-bond donors (Lipinski definition) is 0. The maximum atomic E-state index is 6.47. The van der Waals surface area contributed by atoms with Gasteiger partial charge in [0, 0.05) is 11.8 Å². The Hall–Kier alpha value is -1.28. The fraction of sp³-hybridized carbons (Fsp3) is 0.471. The molecule has 0 N–H and O–H groups in total. The molecule has 3 heteroatoms. The van der Waals surface area contributed by atoms with Gasteiger partial charge >= 0.3 is 0 Å². The topological polar surface area (TPSA) is 17.8 Å². The summed E-state index contributed by atoms with van der Waals surface area (Å²) in [5, 5.41) is 4.48. The minimum atomic E-state index is 0.0779. The van der Waals surface area contributed by atoms with E-state index in [-0.39, 0.29) is 5.38 Å². The molecule has 0 saturated heterocycles. The van der Waals surface area contributed by atoms with Crippen molar-refractivity contribution in [1.82, 2.24) is 9.78 Å². The average molecular weight is 291 g/mol. The van der Waals surface area contributed by atoms with Crippen molar-refractivity contribution >= 4 is 11.6 Å². The number of rotatable bonds is 8. The lowest BCUT2D eigenvalue weighted by Crippen LogP contribution is -1.93. The lowest BCUT2D eigenvalue weighted by atomic mass is 10.1. The van der Waals surface area contributed by atoms with E-state index >= 15 is 0 Å². The molecule has 0 radical (unpaired) electrons. The molecule has 0 bridgehead atoms. The van der Waals surface area contributed by atoms with Crippen LogP contribution in [0.1, 0.15) is 56.4 Å². The van der Waals surface area contributed by atoms with Crippen LogP contribution in [0.5, 0.6) is 0 Å². The third-order valence-electron chi connectivity index (χ3n) is 3.55. The molecule has 1 aromatic carbocycles. The second-order valence-corrected chi connectivity index (χ2v) is 5.75. The number of halogens is 1. The Labute approximate surface area is 126 Å². The van der Waals surface area contributed by atoms with Gasteiger partial charge in [-0.15, -0.1) is 11.6 Å². The van der Waals surface area contributed by atoms with Crippen LogP contribution in [0.3, 0.4) is 0 Å². The van der Waals surface area contributed by atoms with Crippen molar-refractivity contribution in [3.63, 3.8) is 0 Å². The fourth-order valence-electron chi connectivity index (χ4n) is 2.31. The summed E-state index contributed by atoms with van der Waals surface area (Å²) in [6.45, 7) is 2.24. The van der Waals surface area contributed by atoms with Crippen LogP contribution in [0.4, 0.5) is 0 Å². The highest BCUT2D eigenvalue weighted by Gasteiger charge is 2.10. The first-order valence-electron chi connectivity index (χ1n) is 7.55. The highest BCUT2D eigenvalue weighted by Crippen LogP contribution is 2.27. The van der Waals surface area contributed by atoms with Gasteiger partial charge in [-0.25, -0.2) is 4.68 Å². The molecule has 0 saturated carbocycles. The Bertz CT molecular complexity index is 493. The molecular formula is C17H23ClN2. The first-order valence-corrected chi connectivity index (χ1v) is 7.99. The molecule has 0 aliphatic rings. The summed E-state index contributed by atoms with van der Waals surface area (Å²) < 4.78 is 1.89. The van der Waals surface area contributed by atoms with E-state index < -0.39 is 0 Å². The van der Waals surface area contributed by atoms with Crippen LogP contribution in [0, 0.1) is 0 Å². The highest BCUT2D eigenvalue weighted by atomic mass is 35.5. The van der Waals surface area contributed by atoms with Gasteiger partial charge in [-0.3, -0.25) is 0 Å². The number of hydrogen-bond acceptors (Lipinski definition) is 1. The number of benzene rings is 1. The van der Waals surface area contributed by atoms with E-state index in [4.69, 9.17) is 11.6 Å². The standard InChI is InChI=1S/C17H23ClN2/c1-2-3-4-5-9-12-17(18)15-13-19-20(14-15)16-10-7-6-8-11-16/h6-8,10-11,13-14,17H,2-5,9,12H2,1H3. The molecule has 0 spiro atoms. The molecule has 0 fully saturated rings. The largest absolute Gasteiger partial charge is 0.241 e. The molecule has 2 nitrogen and oxygen atoms in total. The van der Waals surface area contributed by atoms with E-state index in [1.807, 2.05) is 47.4 Å². The summed E-state index contributed by atoms with van der Waals surface area (Å²) in [5.74, 6) is 0. The van der Waals surface area contributed by atoms with Crippen molar-refractivity contribution in [1.29, 1.82) is 0 Å². The molecule has 20 heavy (non-hydrogen) atoms. The summed E-state index contributed by atoms with van der Waals surface area (Å²) in [5.41, 5.74) is 2.19. The van der Waals surface area contributed by atoms with Gasteiger partial charge in [0.15, 0.2) is 0 Å². The molecule has 2 rings (SSSR count). The lowest BCUT2D eigenvalue weighted by Gasteiger charge is -2.06. The first kappa shape index (κ1) is 15.1. The van der Waals surface area contributed by atoms with Crippen molar-refractivity contribution in [2.24, 2.45) is 0 Å². The monoisotopic (exact) mass is 290 g/mol. The maximum absolute atomic E-state index is 6.47. The van der Waals surface area contributed by atoms with Gasteiger partial charge in [0.1, 0.15) is 0 Å². The summed E-state index contributed by atoms with van der Waals surface area (Å²) in [6.07, 6.45) is 11.4. The van der Waals surface area contributed by atoms with Crippen LogP contribution in [-0.4, -0.2) is 9.78 Å². The zero-order valence-electron chi connectivity index (χ0n) is 12.1. The maximum Gasteiger partial charge on any atom is 0.0645 e. The first-order chi connectivity index (χ1) is 9.81. The third kappa shape index (κ3) is 4.38. The Balaban J connectivity index is 1.85. The fourth-order valence-corrected chi connectivity index (χ4v) is 2.58. The summed E-state index contributed by atoms with van der Waals surface area (Å²) >= 11 is 6.47. The van der Waals surface area contributed by atoms with Crippen molar-refractivity contribution in [3.05, 3.63) is 48.3 Å². The van der Waals surface area contributed by atoms with Crippen molar-refractivity contribution in [2.75, 3.05) is 0 Å². The third-order valence-corrected chi connectivity index (χ3v) is 4.02. The van der Waals surface area contributed by atoms with E-state index in [9.17, 15) is 0 Å². The van der Waals surface area contributed by atoms with Gasteiger partial charge in [-0.1, -0.05) is 57.2 Å². The van der Waals surface area contributed by atoms with Crippen molar-refractivity contribution in [3.8, 4) is 5.69 Å². The summed E-state index contributed by atoms with van der Waals surface area (Å²) in [4.78, 5) is 0. The smallest absolute Gasteiger partial charge is 0.0645 e. The van der Waals surface area contributed by atoms with Crippen LogP contribution in [0.25, 0.3) is 5.69 Å². The number of alkyl halides is 1. The second-order valence-electron chi connectivity index (χ2n) is 5.22. The predicted molar refractivity (Wildman–Crippen MR) is 85.5 cm³/mol. The molecule has 1 heterocycles. The molecule has 108 valence electrons. The van der Waals surface area contributed by atoms with Crippen LogP contribution < -0.4 is 0 Å². The van der Waals surface area contributed by atoms with Crippen LogP contribution in [-0.2, 0) is 0 Å². The second kappa shape index (κ2) is 8.11. The van der Waals surface area contributed by atoms with E-state index in [1.54, 1.807) is 0 Å². The number of nitrogens with zero attached hydrogens (tertiary/aromatic N) is 2. The zero-order chi connectivity index (χ0) is 14.2. The quantitative estimate of drug-likeness (QED) is 0.463.